The number of hydrogen-bond donors (Lipinski definition) is 0. The highest BCUT2D eigenvalue weighted by Gasteiger charge is 2.31. The Morgan fingerprint density at radius 3 is 2.67 bits per heavy atom. The molecule has 1 saturated carbocycles. The van der Waals surface area contributed by atoms with Gasteiger partial charge in [0.25, 0.3) is 0 Å². The minimum Gasteiger partial charge on any atom is -0.490 e. The second kappa shape index (κ2) is 6.09. The van der Waals surface area contributed by atoms with Crippen molar-refractivity contribution < 1.29 is 4.74 Å². The number of hydrogen-bond acceptors (Lipinski definition) is 2. The Kier molecular flexibility index (Phi) is 4.71. The maximum Gasteiger partial charge on any atom is 0.157 e. The predicted octanol–water partition coefficient (Wildman–Crippen LogP) is 4.19. The van der Waals surface area contributed by atoms with Gasteiger partial charge in [-0.05, 0) is 26.7 Å². The first-order chi connectivity index (χ1) is 8.65. The van der Waals surface area contributed by atoms with Crippen molar-refractivity contribution >= 4 is 15.9 Å². The zero-order chi connectivity index (χ0) is 13.0. The van der Waals surface area contributed by atoms with Crippen molar-refractivity contribution in [3.8, 4) is 5.75 Å². The molecule has 0 bridgehead atoms. The van der Waals surface area contributed by atoms with Gasteiger partial charge in [-0.1, -0.05) is 35.2 Å². The molecule has 0 saturated heterocycles. The largest absolute Gasteiger partial charge is 0.490 e. The molecule has 1 aliphatic rings. The van der Waals surface area contributed by atoms with E-state index in [0.717, 1.165) is 17.7 Å². The molecule has 0 atom stereocenters. The van der Waals surface area contributed by atoms with Crippen LogP contribution >= 0.6 is 15.9 Å². The van der Waals surface area contributed by atoms with Crippen molar-refractivity contribution in [3.05, 3.63) is 12.4 Å². The summed E-state index contributed by atoms with van der Waals surface area (Å²) in [6.45, 7) is 5.05. The van der Waals surface area contributed by atoms with Crippen molar-refractivity contribution in [1.29, 1.82) is 0 Å². The van der Waals surface area contributed by atoms with Gasteiger partial charge in [0, 0.05) is 16.8 Å². The van der Waals surface area contributed by atoms with E-state index in [1.807, 2.05) is 17.1 Å². The van der Waals surface area contributed by atoms with Crippen LogP contribution in [0, 0.1) is 5.41 Å². The molecule has 2 rings (SSSR count). The molecule has 1 heterocycles. The maximum atomic E-state index is 5.96. The van der Waals surface area contributed by atoms with Crippen molar-refractivity contribution in [2.24, 2.45) is 5.41 Å². The fourth-order valence-electron chi connectivity index (χ4n) is 2.53. The topological polar surface area (TPSA) is 27.1 Å². The van der Waals surface area contributed by atoms with Gasteiger partial charge in [0.1, 0.15) is 0 Å². The number of halogens is 1. The van der Waals surface area contributed by atoms with E-state index < -0.39 is 0 Å². The van der Waals surface area contributed by atoms with Gasteiger partial charge in [-0.15, -0.1) is 0 Å². The van der Waals surface area contributed by atoms with Crippen LogP contribution in [0.4, 0.5) is 0 Å². The molecule has 0 aromatic carbocycles. The Bertz CT molecular complexity index is 370. The van der Waals surface area contributed by atoms with E-state index in [2.05, 4.69) is 34.9 Å². The third-order valence-electron chi connectivity index (χ3n) is 3.85. The highest BCUT2D eigenvalue weighted by atomic mass is 79.9. The van der Waals surface area contributed by atoms with Gasteiger partial charge in [0.15, 0.2) is 5.75 Å². The lowest BCUT2D eigenvalue weighted by molar-refractivity contribution is 0.122. The second-order valence-corrected chi connectivity index (χ2v) is 6.29. The van der Waals surface area contributed by atoms with E-state index in [4.69, 9.17) is 4.74 Å². The zero-order valence-electron chi connectivity index (χ0n) is 11.4. The third-order valence-corrected chi connectivity index (χ3v) is 5.04. The molecule has 18 heavy (non-hydrogen) atoms. The summed E-state index contributed by atoms with van der Waals surface area (Å²) >= 11 is 3.67. The van der Waals surface area contributed by atoms with Crippen LogP contribution in [0.5, 0.6) is 5.75 Å². The van der Waals surface area contributed by atoms with E-state index in [9.17, 15) is 0 Å². The average Bonchev–Trinajstić information content (AvgIpc) is 2.87. The van der Waals surface area contributed by atoms with E-state index in [0.29, 0.717) is 11.5 Å². The molecule has 0 unspecified atom stereocenters. The van der Waals surface area contributed by atoms with Gasteiger partial charge in [-0.3, -0.25) is 4.68 Å². The van der Waals surface area contributed by atoms with Crippen LogP contribution in [0.3, 0.4) is 0 Å². The summed E-state index contributed by atoms with van der Waals surface area (Å²) in [4.78, 5) is 0. The van der Waals surface area contributed by atoms with Crippen LogP contribution < -0.4 is 4.74 Å². The number of nitrogens with zero attached hydrogens (tertiary/aromatic N) is 2. The van der Waals surface area contributed by atoms with Crippen LogP contribution in [-0.4, -0.2) is 21.7 Å². The standard InChI is InChI=1S/C14H23BrN2O/c1-12(2)17-9-13(8-16-17)18-11-14(10-15)6-4-3-5-7-14/h8-9,12H,3-7,10-11H2,1-2H3. The van der Waals surface area contributed by atoms with Crippen LogP contribution in [0.1, 0.15) is 52.0 Å². The second-order valence-electron chi connectivity index (χ2n) is 5.73. The summed E-state index contributed by atoms with van der Waals surface area (Å²) in [5.41, 5.74) is 0.332. The van der Waals surface area contributed by atoms with E-state index in [-0.39, 0.29) is 0 Å². The molecule has 0 amide bonds. The molecular formula is C14H23BrN2O. The Morgan fingerprint density at radius 2 is 2.11 bits per heavy atom. The van der Waals surface area contributed by atoms with Gasteiger partial charge in [0.05, 0.1) is 19.0 Å². The van der Waals surface area contributed by atoms with E-state index >= 15 is 0 Å². The zero-order valence-corrected chi connectivity index (χ0v) is 12.9. The molecule has 1 aliphatic carbocycles. The van der Waals surface area contributed by atoms with Crippen molar-refractivity contribution in [2.45, 2.75) is 52.0 Å². The molecule has 102 valence electrons. The molecule has 0 N–H and O–H groups in total. The quantitative estimate of drug-likeness (QED) is 0.762. The first kappa shape index (κ1) is 13.9. The molecule has 0 aliphatic heterocycles. The number of aromatic nitrogens is 2. The number of ether oxygens (including phenoxy) is 1. The van der Waals surface area contributed by atoms with Gasteiger partial charge in [-0.2, -0.15) is 5.10 Å². The minimum absolute atomic E-state index is 0.332. The smallest absolute Gasteiger partial charge is 0.157 e. The predicted molar refractivity (Wildman–Crippen MR) is 77.4 cm³/mol. The van der Waals surface area contributed by atoms with Gasteiger partial charge < -0.3 is 4.74 Å². The molecule has 0 radical (unpaired) electrons. The number of alkyl halides is 1. The average molecular weight is 315 g/mol. The Labute approximate surface area is 118 Å². The summed E-state index contributed by atoms with van der Waals surface area (Å²) in [7, 11) is 0. The minimum atomic E-state index is 0.332. The highest BCUT2D eigenvalue weighted by molar-refractivity contribution is 9.09. The van der Waals surface area contributed by atoms with Crippen LogP contribution in [0.2, 0.25) is 0 Å². The summed E-state index contributed by atoms with van der Waals surface area (Å²) < 4.78 is 7.90. The summed E-state index contributed by atoms with van der Waals surface area (Å²) in [5.74, 6) is 0.898. The van der Waals surface area contributed by atoms with Crippen LogP contribution in [0.15, 0.2) is 12.4 Å². The number of rotatable bonds is 5. The molecule has 3 nitrogen and oxygen atoms in total. The normalized spacial score (nSPS) is 19.1. The lowest BCUT2D eigenvalue weighted by atomic mass is 9.76. The van der Waals surface area contributed by atoms with E-state index in [1.54, 1.807) is 0 Å². The van der Waals surface area contributed by atoms with Crippen LogP contribution in [0.25, 0.3) is 0 Å². The Hall–Kier alpha value is -0.510. The van der Waals surface area contributed by atoms with E-state index in [1.165, 1.54) is 32.1 Å². The monoisotopic (exact) mass is 314 g/mol. The molecule has 1 aromatic heterocycles. The molecule has 1 aromatic rings. The first-order valence-corrected chi connectivity index (χ1v) is 8.00. The lowest BCUT2D eigenvalue weighted by Gasteiger charge is -2.35. The Balaban J connectivity index is 1.92. The maximum absolute atomic E-state index is 5.96. The van der Waals surface area contributed by atoms with Crippen LogP contribution in [-0.2, 0) is 0 Å². The molecule has 0 spiro atoms. The summed E-state index contributed by atoms with van der Waals surface area (Å²) in [6, 6.07) is 0.391. The van der Waals surface area contributed by atoms with Gasteiger partial charge >= 0.3 is 0 Å². The fourth-order valence-corrected chi connectivity index (χ4v) is 3.25. The SMILES string of the molecule is CC(C)n1cc(OCC2(CBr)CCCCC2)cn1. The third kappa shape index (κ3) is 3.28. The van der Waals surface area contributed by atoms with Crippen molar-refractivity contribution in [2.75, 3.05) is 11.9 Å². The lowest BCUT2D eigenvalue weighted by Crippen LogP contribution is -2.32. The molecule has 1 fully saturated rings. The summed E-state index contributed by atoms with van der Waals surface area (Å²) in [6.07, 6.45) is 10.4. The first-order valence-electron chi connectivity index (χ1n) is 6.88. The van der Waals surface area contributed by atoms with Crippen molar-refractivity contribution in [3.63, 3.8) is 0 Å². The summed E-state index contributed by atoms with van der Waals surface area (Å²) in [5, 5.41) is 5.35. The molecular weight excluding hydrogens is 292 g/mol. The fraction of sp³-hybridized carbons (Fsp3) is 0.786. The Morgan fingerprint density at radius 1 is 1.39 bits per heavy atom. The van der Waals surface area contributed by atoms with Gasteiger partial charge in [0.2, 0.25) is 0 Å². The highest BCUT2D eigenvalue weighted by Crippen LogP contribution is 2.38. The molecule has 4 heteroatoms. The van der Waals surface area contributed by atoms with Gasteiger partial charge in [-0.25, -0.2) is 0 Å². The van der Waals surface area contributed by atoms with Crippen molar-refractivity contribution in [1.82, 2.24) is 9.78 Å².